The van der Waals surface area contributed by atoms with Gasteiger partial charge in [-0.25, -0.2) is 22.4 Å². The van der Waals surface area contributed by atoms with Crippen LogP contribution in [-0.2, 0) is 24.7 Å². The molecular weight excluding hydrogens is 710 g/mol. The Kier molecular flexibility index (Phi) is 11.2. The first-order valence-corrected chi connectivity index (χ1v) is 21.4. The lowest BCUT2D eigenvalue weighted by Crippen LogP contribution is -2.60. The lowest BCUT2D eigenvalue weighted by Gasteiger charge is -2.54. The number of piperidine rings is 1. The molecule has 4 aliphatic heterocycles. The lowest BCUT2D eigenvalue weighted by atomic mass is 9.57. The number of methoxy groups -OCH3 is 1. The number of hydrogen-bond donors (Lipinski definition) is 1. The molecule has 4 saturated heterocycles. The van der Waals surface area contributed by atoms with E-state index in [1.165, 1.54) is 24.5 Å². The molecule has 2 amide bonds. The molecule has 1 N–H and O–H groups in total. The summed E-state index contributed by atoms with van der Waals surface area (Å²) in [5.74, 6) is 0.868. The summed E-state index contributed by atoms with van der Waals surface area (Å²) in [6.07, 6.45) is 5.29. The second-order valence-corrected chi connectivity index (χ2v) is 19.6. The van der Waals surface area contributed by atoms with Gasteiger partial charge in [0, 0.05) is 62.3 Å². The highest BCUT2D eigenvalue weighted by Crippen LogP contribution is 2.51. The number of nitrogens with one attached hydrogen (secondary N) is 1. The summed E-state index contributed by atoms with van der Waals surface area (Å²) in [6, 6.07) is 14.5. The maximum absolute atomic E-state index is 15.0. The standard InChI is InChI=1S/C41H58FN5O6S/c1-40(2,3)53-39(49)47-26-35(27-47)54(50,51)34-14-12-33(13-15-34)46-24-29(25-46)23-44-20-16-30(17-21-44)41(28-45-18-7-19-45,31-8-5-9-32(42)22-31)36-10-6-11-37(36)43-38(48)52-4/h5,8-9,12-15,22,29-30,35-37H,6-7,10-11,16-21,23-28H2,1-4H3,(H,43,48)/t36-,37-,41-/m0/s1. The molecule has 54 heavy (non-hydrogen) atoms. The Balaban J connectivity index is 0.955. The van der Waals surface area contributed by atoms with Crippen LogP contribution in [0.15, 0.2) is 53.4 Å². The minimum absolute atomic E-state index is 0.0112. The number of ether oxygens (including phenoxy) is 2. The largest absolute Gasteiger partial charge is 0.453 e. The molecule has 1 saturated carbocycles. The van der Waals surface area contributed by atoms with Crippen molar-refractivity contribution in [1.82, 2.24) is 20.0 Å². The zero-order valence-electron chi connectivity index (χ0n) is 32.3. The molecule has 0 spiro atoms. The van der Waals surface area contributed by atoms with E-state index in [9.17, 15) is 22.4 Å². The van der Waals surface area contributed by atoms with Crippen LogP contribution in [0.3, 0.4) is 0 Å². The number of hydrogen-bond acceptors (Lipinski definition) is 9. The first-order chi connectivity index (χ1) is 25.7. The van der Waals surface area contributed by atoms with Crippen LogP contribution in [-0.4, -0.2) is 125 Å². The number of nitrogens with zero attached hydrogens (tertiary/aromatic N) is 4. The number of rotatable bonds is 11. The summed E-state index contributed by atoms with van der Waals surface area (Å²) in [5.41, 5.74) is 1.19. The molecule has 5 aliphatic rings. The molecule has 4 heterocycles. The van der Waals surface area contributed by atoms with E-state index in [1.807, 2.05) is 18.2 Å². The van der Waals surface area contributed by atoms with E-state index in [4.69, 9.17) is 9.47 Å². The van der Waals surface area contributed by atoms with Gasteiger partial charge in [0.05, 0.1) is 12.0 Å². The molecule has 0 bridgehead atoms. The van der Waals surface area contributed by atoms with Crippen LogP contribution in [0.4, 0.5) is 19.7 Å². The van der Waals surface area contributed by atoms with E-state index in [2.05, 4.69) is 26.1 Å². The van der Waals surface area contributed by atoms with Crippen molar-refractivity contribution in [2.45, 2.75) is 86.5 Å². The van der Waals surface area contributed by atoms with Crippen molar-refractivity contribution in [3.05, 3.63) is 59.9 Å². The molecule has 5 fully saturated rings. The summed E-state index contributed by atoms with van der Waals surface area (Å²) < 4.78 is 51.9. The smallest absolute Gasteiger partial charge is 0.410 e. The van der Waals surface area contributed by atoms with Gasteiger partial charge in [0.15, 0.2) is 9.84 Å². The van der Waals surface area contributed by atoms with Gasteiger partial charge in [-0.1, -0.05) is 18.6 Å². The first kappa shape index (κ1) is 38.8. The average Bonchev–Trinajstić information content (AvgIpc) is 3.53. The zero-order valence-corrected chi connectivity index (χ0v) is 33.2. The van der Waals surface area contributed by atoms with Gasteiger partial charge in [-0.2, -0.15) is 0 Å². The predicted molar refractivity (Wildman–Crippen MR) is 206 cm³/mol. The lowest BCUT2D eigenvalue weighted by molar-refractivity contribution is 0.0139. The van der Waals surface area contributed by atoms with E-state index >= 15 is 0 Å². The molecule has 2 aromatic rings. The normalized spacial score (nSPS) is 24.6. The predicted octanol–water partition coefficient (Wildman–Crippen LogP) is 5.54. The van der Waals surface area contributed by atoms with E-state index in [0.717, 1.165) is 95.7 Å². The Labute approximate surface area is 320 Å². The van der Waals surface area contributed by atoms with Crippen molar-refractivity contribution in [2.75, 3.05) is 77.5 Å². The number of anilines is 1. The van der Waals surface area contributed by atoms with Crippen LogP contribution in [0.5, 0.6) is 0 Å². The average molecular weight is 768 g/mol. The van der Waals surface area contributed by atoms with Crippen molar-refractivity contribution >= 4 is 27.7 Å². The van der Waals surface area contributed by atoms with E-state index in [1.54, 1.807) is 39.0 Å². The van der Waals surface area contributed by atoms with Crippen molar-refractivity contribution in [2.24, 2.45) is 17.8 Å². The van der Waals surface area contributed by atoms with Crippen molar-refractivity contribution in [3.8, 4) is 0 Å². The van der Waals surface area contributed by atoms with E-state index in [0.29, 0.717) is 11.8 Å². The second-order valence-electron chi connectivity index (χ2n) is 17.4. The Morgan fingerprint density at radius 2 is 1.59 bits per heavy atom. The molecule has 296 valence electrons. The molecule has 0 aromatic heterocycles. The molecule has 0 radical (unpaired) electrons. The third kappa shape index (κ3) is 8.09. The van der Waals surface area contributed by atoms with Crippen LogP contribution in [0, 0.1) is 23.6 Å². The Bertz CT molecular complexity index is 1750. The fourth-order valence-electron chi connectivity index (χ4n) is 9.78. The van der Waals surface area contributed by atoms with Crippen molar-refractivity contribution < 1.29 is 31.9 Å². The van der Waals surface area contributed by atoms with Gasteiger partial charge < -0.3 is 34.4 Å². The summed E-state index contributed by atoms with van der Waals surface area (Å²) in [7, 11) is -2.13. The van der Waals surface area contributed by atoms with E-state index < -0.39 is 32.9 Å². The highest BCUT2D eigenvalue weighted by Gasteiger charge is 2.53. The van der Waals surface area contributed by atoms with Gasteiger partial charge in [-0.3, -0.25) is 0 Å². The number of amides is 2. The number of carbonyl (C=O) groups is 2. The first-order valence-electron chi connectivity index (χ1n) is 19.9. The third-order valence-electron chi connectivity index (χ3n) is 12.7. The summed E-state index contributed by atoms with van der Waals surface area (Å²) >= 11 is 0. The number of alkyl carbamates (subject to hydrolysis) is 1. The van der Waals surface area contributed by atoms with Gasteiger partial charge in [-0.15, -0.1) is 0 Å². The molecular formula is C41H58FN5O6S. The van der Waals surface area contributed by atoms with E-state index in [-0.39, 0.29) is 41.2 Å². The molecule has 3 atom stereocenters. The molecule has 0 unspecified atom stereocenters. The van der Waals surface area contributed by atoms with Crippen LogP contribution in [0.25, 0.3) is 0 Å². The Morgan fingerprint density at radius 1 is 0.889 bits per heavy atom. The van der Waals surface area contributed by atoms with Crippen LogP contribution >= 0.6 is 0 Å². The molecule has 2 aromatic carbocycles. The van der Waals surface area contributed by atoms with Crippen LogP contribution < -0.4 is 10.2 Å². The monoisotopic (exact) mass is 767 g/mol. The zero-order chi connectivity index (χ0) is 38.3. The van der Waals surface area contributed by atoms with Crippen LogP contribution in [0.1, 0.15) is 64.9 Å². The quantitative estimate of drug-likeness (QED) is 0.316. The summed E-state index contributed by atoms with van der Waals surface area (Å²) in [5, 5.41) is 2.56. The fraction of sp³-hybridized carbons (Fsp3) is 0.659. The maximum atomic E-state index is 15.0. The van der Waals surface area contributed by atoms with Gasteiger partial charge in [0.1, 0.15) is 16.7 Å². The number of carbonyl (C=O) groups excluding carboxylic acids is 2. The molecule has 1 aliphatic carbocycles. The second kappa shape index (κ2) is 15.6. The molecule has 11 nitrogen and oxygen atoms in total. The SMILES string of the molecule is COC(=O)N[C@H]1CCC[C@@H]1[C@](CN1CCC1)(c1cccc(F)c1)C1CCN(CC2CN(c3ccc(S(=O)(=O)C4CN(C(=O)OC(C)(C)C)C4)cc3)C2)CC1. The van der Waals surface area contributed by atoms with Crippen molar-refractivity contribution in [3.63, 3.8) is 0 Å². The van der Waals surface area contributed by atoms with Gasteiger partial charge in [-0.05, 0) is 133 Å². The van der Waals surface area contributed by atoms with Crippen molar-refractivity contribution in [1.29, 1.82) is 0 Å². The number of halogens is 1. The number of likely N-dealkylation sites (tertiary alicyclic amines) is 3. The topological polar surface area (TPSA) is 112 Å². The minimum Gasteiger partial charge on any atom is -0.453 e. The molecule has 13 heteroatoms. The Morgan fingerprint density at radius 3 is 2.20 bits per heavy atom. The maximum Gasteiger partial charge on any atom is 0.410 e. The van der Waals surface area contributed by atoms with Crippen LogP contribution in [0.2, 0.25) is 0 Å². The van der Waals surface area contributed by atoms with Gasteiger partial charge >= 0.3 is 12.2 Å². The third-order valence-corrected chi connectivity index (χ3v) is 14.8. The van der Waals surface area contributed by atoms with Gasteiger partial charge in [0.25, 0.3) is 0 Å². The highest BCUT2D eigenvalue weighted by molar-refractivity contribution is 7.92. The summed E-state index contributed by atoms with van der Waals surface area (Å²) in [6.45, 7) is 13.5. The summed E-state index contributed by atoms with van der Waals surface area (Å²) in [4.78, 5) is 33.9. The van der Waals surface area contributed by atoms with Gasteiger partial charge in [0.2, 0.25) is 0 Å². The molecule has 7 rings (SSSR count). The minimum atomic E-state index is -3.55. The Hall–Kier alpha value is -3.42. The number of sulfone groups is 1. The number of benzene rings is 2. The fourth-order valence-corrected chi connectivity index (χ4v) is 11.4. The highest BCUT2D eigenvalue weighted by atomic mass is 32.2.